The van der Waals surface area contributed by atoms with E-state index in [0.29, 0.717) is 19.3 Å². The van der Waals surface area contributed by atoms with Gasteiger partial charge in [0.2, 0.25) is 0 Å². The molecule has 8 nitrogen and oxygen atoms in total. The van der Waals surface area contributed by atoms with Crippen LogP contribution in [0.3, 0.4) is 0 Å². The van der Waals surface area contributed by atoms with Crippen LogP contribution in [0.5, 0.6) is 0 Å². The van der Waals surface area contributed by atoms with E-state index in [-0.39, 0.29) is 41.8 Å². The van der Waals surface area contributed by atoms with Gasteiger partial charge < -0.3 is 29.9 Å². The summed E-state index contributed by atoms with van der Waals surface area (Å²) in [6, 6.07) is 19.0. The fourth-order valence-electron chi connectivity index (χ4n) is 12.8. The molecule has 2 aromatic rings. The molecule has 2 aromatic carbocycles. The van der Waals surface area contributed by atoms with Crippen LogP contribution in [0.25, 0.3) is 12.2 Å². The molecule has 5 aliphatic carbocycles. The van der Waals surface area contributed by atoms with Gasteiger partial charge in [-0.05, 0) is 108 Å². The number of aliphatic hydroxyl groups excluding tert-OH is 4. The van der Waals surface area contributed by atoms with E-state index in [2.05, 4.69) is 39.5 Å². The Kier molecular flexibility index (Phi) is 10.9. The quantitative estimate of drug-likeness (QED) is 0.116. The van der Waals surface area contributed by atoms with Crippen LogP contribution in [-0.2, 0) is 19.1 Å². The second-order valence-electron chi connectivity index (χ2n) is 19.3. The van der Waals surface area contributed by atoms with Crippen LogP contribution >= 0.6 is 0 Å². The lowest BCUT2D eigenvalue weighted by Crippen LogP contribution is -2.72. The van der Waals surface area contributed by atoms with Crippen molar-refractivity contribution in [2.45, 2.75) is 104 Å². The van der Waals surface area contributed by atoms with Gasteiger partial charge in [0.25, 0.3) is 0 Å². The van der Waals surface area contributed by atoms with E-state index in [4.69, 9.17) is 9.47 Å². The summed E-state index contributed by atoms with van der Waals surface area (Å²) in [5, 5.41) is 47.9. The first kappa shape index (κ1) is 41.3. The number of esters is 2. The smallest absolute Gasteiger partial charge is 0.330 e. The number of rotatable bonds is 9. The molecule has 0 aromatic heterocycles. The molecule has 4 N–H and O–H groups in total. The number of hydrogen-bond acceptors (Lipinski definition) is 8. The van der Waals surface area contributed by atoms with Crippen molar-refractivity contribution in [2.75, 3.05) is 13.2 Å². The summed E-state index contributed by atoms with van der Waals surface area (Å²) in [6.07, 6.45) is 10.9. The van der Waals surface area contributed by atoms with Gasteiger partial charge in [0.15, 0.2) is 0 Å². The predicted octanol–water partition coefficient (Wildman–Crippen LogP) is 7.72. The highest BCUT2D eigenvalue weighted by Crippen LogP contribution is 2.76. The Balaban J connectivity index is 1.20. The van der Waals surface area contributed by atoms with Gasteiger partial charge in [-0.25, -0.2) is 9.59 Å². The molecule has 0 saturated heterocycles. The van der Waals surface area contributed by atoms with E-state index in [0.717, 1.165) is 42.4 Å². The molecule has 8 heteroatoms. The van der Waals surface area contributed by atoms with Gasteiger partial charge in [-0.3, -0.25) is 0 Å². The molecule has 306 valence electrons. The predicted molar refractivity (Wildman–Crippen MR) is 221 cm³/mol. The van der Waals surface area contributed by atoms with Crippen molar-refractivity contribution in [2.24, 2.45) is 50.2 Å². The minimum Gasteiger partial charge on any atom is -0.462 e. The van der Waals surface area contributed by atoms with Gasteiger partial charge in [0.1, 0.15) is 6.61 Å². The summed E-state index contributed by atoms with van der Waals surface area (Å²) >= 11 is 0. The Morgan fingerprint density at radius 3 is 1.89 bits per heavy atom. The van der Waals surface area contributed by atoms with Gasteiger partial charge in [-0.15, -0.1) is 6.58 Å². The largest absolute Gasteiger partial charge is 0.462 e. The third-order valence-corrected chi connectivity index (χ3v) is 16.3. The van der Waals surface area contributed by atoms with E-state index in [1.165, 1.54) is 12.2 Å². The maximum absolute atomic E-state index is 13.2. The standard InChI is InChI=1S/C49H62O8/c1-7-48-27-25-38(50)45(4,30-56-40(52)22-18-32-14-10-8-11-15-32)36(48)24-26-46(5)37(48)21-20-34-35-28-44(2,3)42(54)43(55)49(35,39(51)29-47(34,46)6)31-57-41(53)23-19-33-16-12-9-13-17-33/h7-20,22-23,35-39,42-43,50-51,54-55H,1,21,24-31H2,2-6H3/b22-18+,23-19+/t35?,36?,37?,38-,39+,42-,43-,45+,46+,47+,48-,49-/m0/s1. The Morgan fingerprint density at radius 1 is 0.737 bits per heavy atom. The third kappa shape index (κ3) is 6.59. The minimum atomic E-state index is -1.33. The van der Waals surface area contributed by atoms with Crippen LogP contribution in [0.2, 0.25) is 0 Å². The number of allylic oxidation sites excluding steroid dienone is 3. The summed E-state index contributed by atoms with van der Waals surface area (Å²) in [5.74, 6) is -1.27. The number of carbonyl (C=O) groups excluding carboxylic acids is 2. The molecule has 0 spiro atoms. The first-order chi connectivity index (χ1) is 27.0. The van der Waals surface area contributed by atoms with Crippen molar-refractivity contribution in [3.05, 3.63) is 108 Å². The van der Waals surface area contributed by atoms with Crippen LogP contribution in [0, 0.1) is 50.2 Å². The highest BCUT2D eigenvalue weighted by molar-refractivity contribution is 5.87. The molecule has 0 radical (unpaired) electrons. The highest BCUT2D eigenvalue weighted by Gasteiger charge is 2.73. The summed E-state index contributed by atoms with van der Waals surface area (Å²) in [7, 11) is 0. The SMILES string of the molecule is C=C[C@]12CC[C@H](O)[C@](C)(COC(=O)/C=C/c3ccccc3)C1CC[C@]1(C)C2CC=C2C3CC(C)(C)[C@@H](O)[C@H](O)[C@]3(COC(=O)/C=C/c3ccccc3)[C@H](O)C[C@]21C. The highest BCUT2D eigenvalue weighted by atomic mass is 16.5. The Hall–Kier alpha value is -3.82. The van der Waals surface area contributed by atoms with Crippen LogP contribution in [0.4, 0.5) is 0 Å². The van der Waals surface area contributed by atoms with Crippen molar-refractivity contribution < 1.29 is 39.5 Å². The molecule has 3 unspecified atom stereocenters. The van der Waals surface area contributed by atoms with Gasteiger partial charge in [0.05, 0.1) is 36.4 Å². The Bertz CT molecular complexity index is 1920. The first-order valence-electron chi connectivity index (χ1n) is 20.8. The Labute approximate surface area is 338 Å². The number of ether oxygens (including phenoxy) is 2. The monoisotopic (exact) mass is 778 g/mol. The molecular formula is C49H62O8. The van der Waals surface area contributed by atoms with Gasteiger partial charge in [0, 0.05) is 17.6 Å². The fraction of sp³-hybridized carbons (Fsp3) is 0.551. The van der Waals surface area contributed by atoms with Gasteiger partial charge in [-0.1, -0.05) is 113 Å². The molecule has 4 saturated carbocycles. The molecule has 57 heavy (non-hydrogen) atoms. The summed E-state index contributed by atoms with van der Waals surface area (Å²) in [5.41, 5.74) is -0.955. The van der Waals surface area contributed by atoms with E-state index >= 15 is 0 Å². The molecule has 4 fully saturated rings. The molecule has 0 amide bonds. The number of carbonyl (C=O) groups is 2. The number of aliphatic hydroxyl groups is 4. The zero-order chi connectivity index (χ0) is 41.0. The fourth-order valence-corrected chi connectivity index (χ4v) is 12.8. The lowest BCUT2D eigenvalue weighted by atomic mass is 9.32. The van der Waals surface area contributed by atoms with Crippen LogP contribution in [-0.4, -0.2) is 70.0 Å². The molecular weight excluding hydrogens is 717 g/mol. The average Bonchev–Trinajstić information content (AvgIpc) is 3.19. The van der Waals surface area contributed by atoms with E-state index in [1.807, 2.05) is 74.5 Å². The van der Waals surface area contributed by atoms with E-state index in [1.54, 1.807) is 12.2 Å². The van der Waals surface area contributed by atoms with Crippen LogP contribution in [0.15, 0.2) is 97.1 Å². The molecule has 5 aliphatic rings. The van der Waals surface area contributed by atoms with Crippen molar-refractivity contribution in [1.29, 1.82) is 0 Å². The lowest BCUT2D eigenvalue weighted by Gasteiger charge is -2.72. The van der Waals surface area contributed by atoms with Crippen LogP contribution < -0.4 is 0 Å². The lowest BCUT2D eigenvalue weighted by molar-refractivity contribution is -0.258. The normalized spacial score (nSPS) is 40.9. The van der Waals surface area contributed by atoms with Crippen molar-refractivity contribution in [1.82, 2.24) is 0 Å². The topological polar surface area (TPSA) is 134 Å². The second-order valence-corrected chi connectivity index (χ2v) is 19.3. The maximum Gasteiger partial charge on any atom is 0.330 e. The number of benzene rings is 2. The van der Waals surface area contributed by atoms with Crippen LogP contribution in [0.1, 0.15) is 90.7 Å². The van der Waals surface area contributed by atoms with E-state index in [9.17, 15) is 30.0 Å². The van der Waals surface area contributed by atoms with Gasteiger partial charge >= 0.3 is 11.9 Å². The summed E-state index contributed by atoms with van der Waals surface area (Å²) < 4.78 is 11.9. The van der Waals surface area contributed by atoms with Gasteiger partial charge in [-0.2, -0.15) is 0 Å². The number of fused-ring (bicyclic) bond motifs is 7. The second kappa shape index (κ2) is 15.1. The van der Waals surface area contributed by atoms with E-state index < -0.39 is 58.0 Å². The zero-order valence-corrected chi connectivity index (χ0v) is 34.3. The molecule has 0 bridgehead atoms. The molecule has 12 atom stereocenters. The van der Waals surface area contributed by atoms with Crippen molar-refractivity contribution in [3.8, 4) is 0 Å². The molecule has 7 rings (SSSR count). The zero-order valence-electron chi connectivity index (χ0n) is 34.3. The van der Waals surface area contributed by atoms with Crippen molar-refractivity contribution >= 4 is 24.1 Å². The molecule has 0 heterocycles. The maximum atomic E-state index is 13.2. The summed E-state index contributed by atoms with van der Waals surface area (Å²) in [4.78, 5) is 26.2. The summed E-state index contributed by atoms with van der Waals surface area (Å²) in [6.45, 7) is 14.9. The van der Waals surface area contributed by atoms with Crippen molar-refractivity contribution in [3.63, 3.8) is 0 Å². The first-order valence-corrected chi connectivity index (χ1v) is 20.8. The third-order valence-electron chi connectivity index (χ3n) is 16.3. The minimum absolute atomic E-state index is 0.00433. The molecule has 0 aliphatic heterocycles. The Morgan fingerprint density at radius 2 is 1.32 bits per heavy atom. The average molecular weight is 779 g/mol. The number of hydrogen-bond donors (Lipinski definition) is 4.